The van der Waals surface area contributed by atoms with Gasteiger partial charge in [0.2, 0.25) is 0 Å². The average Bonchev–Trinajstić information content (AvgIpc) is 2.83. The normalized spacial score (nSPS) is 12.1. The molecule has 1 unspecified atom stereocenters. The zero-order chi connectivity index (χ0) is 25.8. The van der Waals surface area contributed by atoms with Crippen molar-refractivity contribution in [2.45, 2.75) is 187 Å². The van der Waals surface area contributed by atoms with Crippen molar-refractivity contribution in [3.05, 3.63) is 0 Å². The summed E-state index contributed by atoms with van der Waals surface area (Å²) in [5.74, 6) is -0.712. The predicted octanol–water partition coefficient (Wildman–Crippen LogP) is 10.2. The van der Waals surface area contributed by atoms with Crippen LogP contribution >= 0.6 is 0 Å². The van der Waals surface area contributed by atoms with Crippen molar-refractivity contribution in [2.24, 2.45) is 0 Å². The van der Waals surface area contributed by atoms with Crippen LogP contribution in [-0.4, -0.2) is 23.1 Å². The molecule has 0 heterocycles. The molecule has 0 spiro atoms. The minimum Gasteiger partial charge on any atom is -0.481 e. The molecule has 0 aromatic carbocycles. The summed E-state index contributed by atoms with van der Waals surface area (Å²) in [6.07, 6.45) is 29.9. The fraction of sp³-hybridized carbons (Fsp3) is 0.935. The summed E-state index contributed by atoms with van der Waals surface area (Å²) < 4.78 is 5.88. The smallest absolute Gasteiger partial charge is 0.306 e. The molecule has 208 valence electrons. The number of hydrogen-bond donors (Lipinski definition) is 1. The minimum atomic E-state index is -0.700. The molecule has 0 amide bonds. The average molecular weight is 497 g/mol. The summed E-state index contributed by atoms with van der Waals surface area (Å²) in [7, 11) is 0. The van der Waals surface area contributed by atoms with E-state index in [1.807, 2.05) is 0 Å². The Morgan fingerprint density at radius 1 is 0.514 bits per heavy atom. The molecular formula is C31H60O4. The Hall–Kier alpha value is -1.06. The molecule has 0 aromatic rings. The highest BCUT2D eigenvalue weighted by Gasteiger charge is 2.14. The largest absolute Gasteiger partial charge is 0.481 e. The molecule has 4 nitrogen and oxygen atoms in total. The highest BCUT2D eigenvalue weighted by molar-refractivity contribution is 5.69. The molecule has 0 rings (SSSR count). The maximum atomic E-state index is 12.3. The zero-order valence-electron chi connectivity index (χ0n) is 23.6. The molecule has 1 atom stereocenters. The number of ether oxygens (including phenoxy) is 1. The Morgan fingerprint density at radius 3 is 1.29 bits per heavy atom. The lowest BCUT2D eigenvalue weighted by Crippen LogP contribution is -2.18. The summed E-state index contributed by atoms with van der Waals surface area (Å²) in [6, 6.07) is 0. The quantitative estimate of drug-likeness (QED) is 0.0864. The van der Waals surface area contributed by atoms with Gasteiger partial charge in [0.25, 0.3) is 0 Å². The fourth-order valence-corrected chi connectivity index (χ4v) is 4.77. The fourth-order valence-electron chi connectivity index (χ4n) is 4.77. The van der Waals surface area contributed by atoms with E-state index in [1.54, 1.807) is 0 Å². The standard InChI is InChI=1S/C31H60O4/c1-3-5-7-9-10-11-12-13-14-15-16-18-21-25-29(35-31(34)28-24-8-6-4-2)26-22-19-17-20-23-27-30(32)33/h29H,3-28H2,1-2H3,(H,32,33). The molecular weight excluding hydrogens is 436 g/mol. The van der Waals surface area contributed by atoms with Crippen molar-refractivity contribution >= 4 is 11.9 Å². The van der Waals surface area contributed by atoms with Crippen LogP contribution in [0.3, 0.4) is 0 Å². The van der Waals surface area contributed by atoms with Gasteiger partial charge in [-0.1, -0.05) is 129 Å². The lowest BCUT2D eigenvalue weighted by Gasteiger charge is -2.18. The predicted molar refractivity (Wildman–Crippen MR) is 149 cm³/mol. The van der Waals surface area contributed by atoms with Crippen LogP contribution < -0.4 is 0 Å². The molecule has 0 aliphatic rings. The van der Waals surface area contributed by atoms with E-state index in [0.717, 1.165) is 64.2 Å². The lowest BCUT2D eigenvalue weighted by atomic mass is 10.0. The van der Waals surface area contributed by atoms with Gasteiger partial charge < -0.3 is 9.84 Å². The Kier molecular flexibility index (Phi) is 26.7. The first-order chi connectivity index (χ1) is 17.1. The van der Waals surface area contributed by atoms with Crippen LogP contribution in [-0.2, 0) is 14.3 Å². The van der Waals surface area contributed by atoms with Gasteiger partial charge >= 0.3 is 11.9 Å². The molecule has 0 fully saturated rings. The maximum absolute atomic E-state index is 12.3. The second-order valence-corrected chi connectivity index (χ2v) is 10.7. The first-order valence-corrected chi connectivity index (χ1v) is 15.5. The van der Waals surface area contributed by atoms with E-state index in [-0.39, 0.29) is 18.5 Å². The van der Waals surface area contributed by atoms with Crippen LogP contribution in [0.4, 0.5) is 0 Å². The van der Waals surface area contributed by atoms with Crippen molar-refractivity contribution in [3.8, 4) is 0 Å². The van der Waals surface area contributed by atoms with Crippen LogP contribution in [0.15, 0.2) is 0 Å². The Morgan fingerprint density at radius 2 is 0.857 bits per heavy atom. The van der Waals surface area contributed by atoms with Crippen molar-refractivity contribution in [1.82, 2.24) is 0 Å². The van der Waals surface area contributed by atoms with E-state index in [9.17, 15) is 9.59 Å². The van der Waals surface area contributed by atoms with Gasteiger partial charge in [0.15, 0.2) is 0 Å². The number of rotatable bonds is 28. The van der Waals surface area contributed by atoms with E-state index in [0.29, 0.717) is 6.42 Å². The number of carboxylic acid groups (broad SMARTS) is 1. The van der Waals surface area contributed by atoms with E-state index >= 15 is 0 Å². The van der Waals surface area contributed by atoms with E-state index in [4.69, 9.17) is 9.84 Å². The van der Waals surface area contributed by atoms with Gasteiger partial charge in [-0.25, -0.2) is 0 Å². The Balaban J connectivity index is 3.93. The van der Waals surface area contributed by atoms with Gasteiger partial charge in [0.05, 0.1) is 0 Å². The van der Waals surface area contributed by atoms with Gasteiger partial charge in [0, 0.05) is 12.8 Å². The number of aliphatic carboxylic acids is 1. The topological polar surface area (TPSA) is 63.6 Å². The van der Waals surface area contributed by atoms with E-state index in [2.05, 4.69) is 13.8 Å². The van der Waals surface area contributed by atoms with E-state index in [1.165, 1.54) is 89.9 Å². The van der Waals surface area contributed by atoms with Crippen LogP contribution in [0.1, 0.15) is 181 Å². The van der Waals surface area contributed by atoms with Crippen LogP contribution in [0.5, 0.6) is 0 Å². The summed E-state index contributed by atoms with van der Waals surface area (Å²) in [4.78, 5) is 22.9. The third-order valence-electron chi connectivity index (χ3n) is 7.08. The van der Waals surface area contributed by atoms with E-state index < -0.39 is 5.97 Å². The first kappa shape index (κ1) is 33.9. The molecule has 0 saturated heterocycles. The molecule has 0 aromatic heterocycles. The zero-order valence-corrected chi connectivity index (χ0v) is 23.6. The molecule has 0 bridgehead atoms. The molecule has 1 N–H and O–H groups in total. The van der Waals surface area contributed by atoms with Crippen molar-refractivity contribution in [3.63, 3.8) is 0 Å². The van der Waals surface area contributed by atoms with Crippen molar-refractivity contribution in [2.75, 3.05) is 0 Å². The van der Waals surface area contributed by atoms with Gasteiger partial charge in [-0.2, -0.15) is 0 Å². The van der Waals surface area contributed by atoms with Crippen LogP contribution in [0.25, 0.3) is 0 Å². The molecule has 0 aliphatic carbocycles. The number of hydrogen-bond acceptors (Lipinski definition) is 3. The number of esters is 1. The molecule has 0 aliphatic heterocycles. The van der Waals surface area contributed by atoms with Gasteiger partial charge in [-0.3, -0.25) is 9.59 Å². The molecule has 35 heavy (non-hydrogen) atoms. The van der Waals surface area contributed by atoms with Gasteiger partial charge in [-0.05, 0) is 38.5 Å². The minimum absolute atomic E-state index is 0.0118. The number of carbonyl (C=O) groups excluding carboxylic acids is 1. The van der Waals surface area contributed by atoms with Gasteiger partial charge in [0.1, 0.15) is 6.10 Å². The SMILES string of the molecule is CCCCCCCCCCCCCCCC(CCCCCCCC(=O)O)OC(=O)CCCCCC. The van der Waals surface area contributed by atoms with Gasteiger partial charge in [-0.15, -0.1) is 0 Å². The summed E-state index contributed by atoms with van der Waals surface area (Å²) in [6.45, 7) is 4.46. The number of carbonyl (C=O) groups is 2. The Bertz CT molecular complexity index is 463. The second-order valence-electron chi connectivity index (χ2n) is 10.7. The molecule has 0 saturated carbocycles. The van der Waals surface area contributed by atoms with Crippen molar-refractivity contribution in [1.29, 1.82) is 0 Å². The Labute approximate surface area is 218 Å². The number of carboxylic acids is 1. The van der Waals surface area contributed by atoms with Crippen LogP contribution in [0.2, 0.25) is 0 Å². The second kappa shape index (κ2) is 27.5. The third kappa shape index (κ3) is 27.4. The highest BCUT2D eigenvalue weighted by Crippen LogP contribution is 2.18. The third-order valence-corrected chi connectivity index (χ3v) is 7.08. The molecule has 4 heteroatoms. The lowest BCUT2D eigenvalue weighted by molar-refractivity contribution is -0.150. The highest BCUT2D eigenvalue weighted by atomic mass is 16.5. The summed E-state index contributed by atoms with van der Waals surface area (Å²) in [5.41, 5.74) is 0. The monoisotopic (exact) mass is 496 g/mol. The van der Waals surface area contributed by atoms with Crippen LogP contribution in [0, 0.1) is 0 Å². The summed E-state index contributed by atoms with van der Waals surface area (Å²) >= 11 is 0. The molecule has 0 radical (unpaired) electrons. The maximum Gasteiger partial charge on any atom is 0.306 e. The number of unbranched alkanes of at least 4 members (excludes halogenated alkanes) is 19. The first-order valence-electron chi connectivity index (χ1n) is 15.5. The van der Waals surface area contributed by atoms with Crippen molar-refractivity contribution < 1.29 is 19.4 Å². The summed E-state index contributed by atoms with van der Waals surface area (Å²) in [5, 5.41) is 8.73.